The summed E-state index contributed by atoms with van der Waals surface area (Å²) in [5.74, 6) is 7.06. The SMILES string of the molecule is CCCCC#CC(c1ccc(C(C)(C)C)cc1O)N1CCOCC1. The van der Waals surface area contributed by atoms with Crippen LogP contribution in [0.1, 0.15) is 64.1 Å². The van der Waals surface area contributed by atoms with E-state index in [2.05, 4.69) is 50.5 Å². The van der Waals surface area contributed by atoms with E-state index in [0.717, 1.165) is 56.7 Å². The molecule has 132 valence electrons. The van der Waals surface area contributed by atoms with Crippen molar-refractivity contribution in [1.82, 2.24) is 4.90 Å². The monoisotopic (exact) mass is 329 g/mol. The maximum atomic E-state index is 10.6. The molecule has 24 heavy (non-hydrogen) atoms. The van der Waals surface area contributed by atoms with Gasteiger partial charge in [0.2, 0.25) is 0 Å². The lowest BCUT2D eigenvalue weighted by Crippen LogP contribution is -2.38. The van der Waals surface area contributed by atoms with E-state index in [9.17, 15) is 5.11 Å². The van der Waals surface area contributed by atoms with Crippen molar-refractivity contribution < 1.29 is 9.84 Å². The zero-order chi connectivity index (χ0) is 17.6. The highest BCUT2D eigenvalue weighted by molar-refractivity contribution is 5.43. The topological polar surface area (TPSA) is 32.7 Å². The first-order valence-corrected chi connectivity index (χ1v) is 9.07. The molecule has 1 aromatic carbocycles. The van der Waals surface area contributed by atoms with Crippen molar-refractivity contribution in [3.8, 4) is 17.6 Å². The van der Waals surface area contributed by atoms with Crippen molar-refractivity contribution in [3.05, 3.63) is 29.3 Å². The minimum absolute atomic E-state index is 0.0251. The molecule has 0 spiro atoms. The number of hydrogen-bond donors (Lipinski definition) is 1. The van der Waals surface area contributed by atoms with Gasteiger partial charge in [-0.05, 0) is 23.5 Å². The van der Waals surface area contributed by atoms with E-state index in [1.165, 1.54) is 0 Å². The Bertz CT molecular complexity index is 586. The lowest BCUT2D eigenvalue weighted by Gasteiger charge is -2.32. The standard InChI is InChI=1S/C21H31NO2/c1-5-6-7-8-9-19(22-12-14-24-15-13-22)18-11-10-17(16-20(18)23)21(2,3)4/h10-11,16,19,23H,5-7,12-15H2,1-4H3. The van der Waals surface area contributed by atoms with Crippen LogP contribution in [-0.4, -0.2) is 36.3 Å². The number of unbranched alkanes of at least 4 members (excludes halogenated alkanes) is 2. The van der Waals surface area contributed by atoms with Gasteiger partial charge in [-0.25, -0.2) is 0 Å². The van der Waals surface area contributed by atoms with Gasteiger partial charge in [0.1, 0.15) is 11.8 Å². The predicted molar refractivity (Wildman–Crippen MR) is 99.2 cm³/mol. The highest BCUT2D eigenvalue weighted by Gasteiger charge is 2.24. The van der Waals surface area contributed by atoms with Crippen molar-refractivity contribution >= 4 is 0 Å². The Balaban J connectivity index is 2.29. The molecule has 2 rings (SSSR count). The first-order chi connectivity index (χ1) is 11.4. The lowest BCUT2D eigenvalue weighted by molar-refractivity contribution is 0.0266. The minimum atomic E-state index is -0.0558. The number of aromatic hydroxyl groups is 1. The van der Waals surface area contributed by atoms with Gasteiger partial charge in [0.15, 0.2) is 0 Å². The van der Waals surface area contributed by atoms with E-state index in [4.69, 9.17) is 4.74 Å². The number of nitrogens with zero attached hydrogens (tertiary/aromatic N) is 1. The molecule has 1 saturated heterocycles. The first kappa shape index (κ1) is 18.8. The van der Waals surface area contributed by atoms with Crippen LogP contribution in [0.2, 0.25) is 0 Å². The zero-order valence-corrected chi connectivity index (χ0v) is 15.6. The van der Waals surface area contributed by atoms with Crippen molar-refractivity contribution in [2.45, 2.75) is 58.4 Å². The summed E-state index contributed by atoms with van der Waals surface area (Å²) < 4.78 is 5.47. The lowest BCUT2D eigenvalue weighted by atomic mass is 9.85. The van der Waals surface area contributed by atoms with Crippen molar-refractivity contribution in [1.29, 1.82) is 0 Å². The largest absolute Gasteiger partial charge is 0.508 e. The Kier molecular flexibility index (Phi) is 6.71. The second-order valence-corrected chi connectivity index (χ2v) is 7.50. The van der Waals surface area contributed by atoms with Crippen LogP contribution in [0.4, 0.5) is 0 Å². The van der Waals surface area contributed by atoms with Crippen LogP contribution in [0.15, 0.2) is 18.2 Å². The average Bonchev–Trinajstić information content (AvgIpc) is 2.55. The zero-order valence-electron chi connectivity index (χ0n) is 15.6. The van der Waals surface area contributed by atoms with E-state index in [1.54, 1.807) is 0 Å². The summed E-state index contributed by atoms with van der Waals surface area (Å²) in [5, 5.41) is 10.6. The van der Waals surface area contributed by atoms with E-state index in [0.29, 0.717) is 5.75 Å². The number of phenolic OH excluding ortho intramolecular Hbond substituents is 1. The van der Waals surface area contributed by atoms with E-state index >= 15 is 0 Å². The Hall–Kier alpha value is -1.50. The Morgan fingerprint density at radius 3 is 2.54 bits per heavy atom. The fourth-order valence-corrected chi connectivity index (χ4v) is 2.88. The van der Waals surface area contributed by atoms with Crippen LogP contribution in [0.25, 0.3) is 0 Å². The molecular formula is C21H31NO2. The highest BCUT2D eigenvalue weighted by atomic mass is 16.5. The number of morpholine rings is 1. The van der Waals surface area contributed by atoms with Crippen molar-refractivity contribution in [2.24, 2.45) is 0 Å². The summed E-state index contributed by atoms with van der Waals surface area (Å²) in [6.45, 7) is 11.8. The molecule has 1 unspecified atom stereocenters. The quantitative estimate of drug-likeness (QED) is 0.662. The molecule has 0 bridgehead atoms. The van der Waals surface area contributed by atoms with E-state index in [1.807, 2.05) is 12.1 Å². The minimum Gasteiger partial charge on any atom is -0.508 e. The molecule has 1 aliphatic rings. The summed E-state index contributed by atoms with van der Waals surface area (Å²) in [5.41, 5.74) is 2.08. The van der Waals surface area contributed by atoms with Crippen LogP contribution in [0.5, 0.6) is 5.75 Å². The van der Waals surface area contributed by atoms with Gasteiger partial charge in [-0.15, -0.1) is 5.92 Å². The summed E-state index contributed by atoms with van der Waals surface area (Å²) in [6, 6.07) is 6.01. The van der Waals surface area contributed by atoms with Gasteiger partial charge in [-0.1, -0.05) is 52.2 Å². The number of ether oxygens (including phenoxy) is 1. The molecule has 1 aromatic rings. The molecule has 1 fully saturated rings. The molecule has 1 heterocycles. The van der Waals surface area contributed by atoms with Gasteiger partial charge in [-0.2, -0.15) is 0 Å². The number of benzene rings is 1. The molecule has 0 saturated carbocycles. The molecule has 0 aromatic heterocycles. The number of hydrogen-bond acceptors (Lipinski definition) is 3. The first-order valence-electron chi connectivity index (χ1n) is 9.07. The summed E-state index contributed by atoms with van der Waals surface area (Å²) >= 11 is 0. The fraction of sp³-hybridized carbons (Fsp3) is 0.619. The van der Waals surface area contributed by atoms with Crippen LogP contribution in [0.3, 0.4) is 0 Å². The van der Waals surface area contributed by atoms with E-state index < -0.39 is 0 Å². The second-order valence-electron chi connectivity index (χ2n) is 7.50. The Morgan fingerprint density at radius 2 is 1.96 bits per heavy atom. The molecule has 0 radical (unpaired) electrons. The Labute approximate surface area is 147 Å². The predicted octanol–water partition coefficient (Wildman–Crippen LogP) is 4.26. The maximum Gasteiger partial charge on any atom is 0.121 e. The van der Waals surface area contributed by atoms with Gasteiger partial charge in [0.05, 0.1) is 13.2 Å². The molecule has 3 nitrogen and oxygen atoms in total. The number of phenols is 1. The van der Waals surface area contributed by atoms with Crippen LogP contribution in [0, 0.1) is 11.8 Å². The van der Waals surface area contributed by atoms with Crippen LogP contribution in [-0.2, 0) is 10.2 Å². The Morgan fingerprint density at radius 1 is 1.25 bits per heavy atom. The van der Waals surface area contributed by atoms with Crippen LogP contribution < -0.4 is 0 Å². The maximum absolute atomic E-state index is 10.6. The fourth-order valence-electron chi connectivity index (χ4n) is 2.88. The normalized spacial score (nSPS) is 17.2. The third-order valence-corrected chi connectivity index (χ3v) is 4.50. The van der Waals surface area contributed by atoms with Gasteiger partial charge in [-0.3, -0.25) is 4.90 Å². The third-order valence-electron chi connectivity index (χ3n) is 4.50. The van der Waals surface area contributed by atoms with Gasteiger partial charge in [0.25, 0.3) is 0 Å². The third kappa shape index (κ3) is 5.00. The van der Waals surface area contributed by atoms with Crippen molar-refractivity contribution in [2.75, 3.05) is 26.3 Å². The second kappa shape index (κ2) is 8.55. The smallest absolute Gasteiger partial charge is 0.121 e. The molecule has 0 aliphatic carbocycles. The summed E-state index contributed by atoms with van der Waals surface area (Å²) in [4.78, 5) is 2.31. The average molecular weight is 329 g/mol. The van der Waals surface area contributed by atoms with Gasteiger partial charge in [0, 0.05) is 25.1 Å². The summed E-state index contributed by atoms with van der Waals surface area (Å²) in [6.07, 6.45) is 3.19. The summed E-state index contributed by atoms with van der Waals surface area (Å²) in [7, 11) is 0. The van der Waals surface area contributed by atoms with Gasteiger partial charge < -0.3 is 9.84 Å². The van der Waals surface area contributed by atoms with Crippen LogP contribution >= 0.6 is 0 Å². The molecule has 1 atom stereocenters. The molecular weight excluding hydrogens is 298 g/mol. The van der Waals surface area contributed by atoms with Crippen molar-refractivity contribution in [3.63, 3.8) is 0 Å². The van der Waals surface area contributed by atoms with E-state index in [-0.39, 0.29) is 11.5 Å². The van der Waals surface area contributed by atoms with Gasteiger partial charge >= 0.3 is 0 Å². The molecule has 3 heteroatoms. The molecule has 1 N–H and O–H groups in total. The highest BCUT2D eigenvalue weighted by Crippen LogP contribution is 2.33. The molecule has 0 amide bonds. The number of rotatable bonds is 4. The molecule has 1 aliphatic heterocycles.